The third kappa shape index (κ3) is 3.61. The molecule has 0 saturated carbocycles. The van der Waals surface area contributed by atoms with Crippen molar-refractivity contribution in [1.29, 1.82) is 0 Å². The zero-order valence-corrected chi connectivity index (χ0v) is 13.9. The molecule has 0 N–H and O–H groups in total. The Hall–Kier alpha value is -2.15. The fraction of sp³-hybridized carbons (Fsp3) is 0.562. The monoisotopic (exact) mass is 322 g/mol. The molecule has 0 aromatic carbocycles. The average Bonchev–Trinajstić information content (AvgIpc) is 2.97. The Morgan fingerprint density at radius 1 is 1.30 bits per heavy atom. The SMILES string of the molecule is C=CC1=C(C)C(=O)N(OC2CCN(C(=O)OC(C)(C)C)C2)C1=O. The molecule has 2 aliphatic heterocycles. The summed E-state index contributed by atoms with van der Waals surface area (Å²) in [4.78, 5) is 43.2. The van der Waals surface area contributed by atoms with Gasteiger partial charge >= 0.3 is 6.09 Å². The summed E-state index contributed by atoms with van der Waals surface area (Å²) in [6.45, 7) is 11.2. The van der Waals surface area contributed by atoms with Gasteiger partial charge in [-0.3, -0.25) is 14.4 Å². The van der Waals surface area contributed by atoms with Crippen molar-refractivity contribution in [1.82, 2.24) is 9.96 Å². The van der Waals surface area contributed by atoms with Crippen LogP contribution in [0.25, 0.3) is 0 Å². The number of likely N-dealkylation sites (tertiary alicyclic amines) is 1. The highest BCUT2D eigenvalue weighted by atomic mass is 16.7. The summed E-state index contributed by atoms with van der Waals surface area (Å²) >= 11 is 0. The second kappa shape index (κ2) is 6.16. The maximum absolute atomic E-state index is 12.1. The molecule has 0 aromatic rings. The number of imide groups is 1. The predicted molar refractivity (Wildman–Crippen MR) is 82.0 cm³/mol. The summed E-state index contributed by atoms with van der Waals surface area (Å²) in [5.74, 6) is -1.00. The number of amides is 3. The second-order valence-corrected chi connectivity index (χ2v) is 6.59. The summed E-state index contributed by atoms with van der Waals surface area (Å²) < 4.78 is 5.30. The van der Waals surface area contributed by atoms with Crippen LogP contribution in [0.4, 0.5) is 4.79 Å². The van der Waals surface area contributed by atoms with E-state index in [1.54, 1.807) is 27.7 Å². The van der Waals surface area contributed by atoms with E-state index in [1.165, 1.54) is 11.0 Å². The quantitative estimate of drug-likeness (QED) is 0.741. The zero-order valence-electron chi connectivity index (χ0n) is 13.9. The molecule has 1 unspecified atom stereocenters. The van der Waals surface area contributed by atoms with E-state index >= 15 is 0 Å². The number of nitrogens with zero attached hydrogens (tertiary/aromatic N) is 2. The Bertz CT molecular complexity index is 588. The third-order valence-corrected chi connectivity index (χ3v) is 3.58. The van der Waals surface area contributed by atoms with Crippen LogP contribution in [0, 0.1) is 0 Å². The highest BCUT2D eigenvalue weighted by Crippen LogP contribution is 2.25. The summed E-state index contributed by atoms with van der Waals surface area (Å²) in [6.07, 6.45) is 1.02. The van der Waals surface area contributed by atoms with Gasteiger partial charge in [0.15, 0.2) is 0 Å². The first kappa shape index (κ1) is 17.2. The Kier molecular flexibility index (Phi) is 4.61. The lowest BCUT2D eigenvalue weighted by atomic mass is 10.2. The van der Waals surface area contributed by atoms with E-state index < -0.39 is 29.6 Å². The van der Waals surface area contributed by atoms with Gasteiger partial charge in [-0.25, -0.2) is 4.79 Å². The van der Waals surface area contributed by atoms with Gasteiger partial charge in [0.1, 0.15) is 11.7 Å². The van der Waals surface area contributed by atoms with Gasteiger partial charge in [-0.1, -0.05) is 12.7 Å². The summed E-state index contributed by atoms with van der Waals surface area (Å²) in [6, 6.07) is 0. The van der Waals surface area contributed by atoms with Crippen molar-refractivity contribution >= 4 is 17.9 Å². The summed E-state index contributed by atoms with van der Waals surface area (Å²) in [7, 11) is 0. The van der Waals surface area contributed by atoms with Crippen LogP contribution in [0.2, 0.25) is 0 Å². The molecule has 0 aromatic heterocycles. The Morgan fingerprint density at radius 2 is 1.96 bits per heavy atom. The first-order valence-corrected chi connectivity index (χ1v) is 7.51. The maximum Gasteiger partial charge on any atom is 0.410 e. The van der Waals surface area contributed by atoms with Crippen LogP contribution in [-0.2, 0) is 19.2 Å². The minimum absolute atomic E-state index is 0.247. The molecule has 1 saturated heterocycles. The molecule has 126 valence electrons. The van der Waals surface area contributed by atoms with Gasteiger partial charge in [-0.2, -0.15) is 0 Å². The third-order valence-electron chi connectivity index (χ3n) is 3.58. The normalized spacial score (nSPS) is 22.2. The molecular formula is C16H22N2O5. The highest BCUT2D eigenvalue weighted by molar-refractivity contribution is 6.19. The topological polar surface area (TPSA) is 76.2 Å². The molecule has 0 radical (unpaired) electrons. The molecule has 2 aliphatic rings. The van der Waals surface area contributed by atoms with E-state index in [1.807, 2.05) is 0 Å². The molecule has 7 heteroatoms. The van der Waals surface area contributed by atoms with Crippen molar-refractivity contribution in [2.24, 2.45) is 0 Å². The van der Waals surface area contributed by atoms with Crippen molar-refractivity contribution in [3.8, 4) is 0 Å². The standard InChI is InChI=1S/C16H22N2O5/c1-6-12-10(2)13(19)18(14(12)20)23-11-7-8-17(9-11)15(21)22-16(3,4)5/h6,11H,1,7-9H2,2-5H3. The van der Waals surface area contributed by atoms with E-state index in [0.717, 1.165) is 5.06 Å². The van der Waals surface area contributed by atoms with Crippen LogP contribution >= 0.6 is 0 Å². The molecule has 0 aliphatic carbocycles. The van der Waals surface area contributed by atoms with Crippen LogP contribution in [0.3, 0.4) is 0 Å². The van der Waals surface area contributed by atoms with Gasteiger partial charge in [-0.05, 0) is 34.1 Å². The van der Waals surface area contributed by atoms with Gasteiger partial charge in [-0.15, -0.1) is 5.06 Å². The highest BCUT2D eigenvalue weighted by Gasteiger charge is 2.39. The molecule has 7 nitrogen and oxygen atoms in total. The zero-order chi connectivity index (χ0) is 17.4. The van der Waals surface area contributed by atoms with E-state index in [-0.39, 0.29) is 12.1 Å². The van der Waals surface area contributed by atoms with E-state index in [9.17, 15) is 14.4 Å². The minimum Gasteiger partial charge on any atom is -0.444 e. The second-order valence-electron chi connectivity index (χ2n) is 6.59. The lowest BCUT2D eigenvalue weighted by Gasteiger charge is -2.24. The number of carbonyl (C=O) groups excluding carboxylic acids is 3. The molecule has 1 fully saturated rings. The number of ether oxygens (including phenoxy) is 1. The van der Waals surface area contributed by atoms with Gasteiger partial charge < -0.3 is 9.64 Å². The van der Waals surface area contributed by atoms with E-state index in [2.05, 4.69) is 6.58 Å². The number of hydroxylamine groups is 2. The fourth-order valence-corrected chi connectivity index (χ4v) is 2.42. The molecule has 23 heavy (non-hydrogen) atoms. The van der Waals surface area contributed by atoms with Gasteiger partial charge in [0.05, 0.1) is 12.1 Å². The van der Waals surface area contributed by atoms with Gasteiger partial charge in [0.2, 0.25) is 0 Å². The number of hydrogen-bond acceptors (Lipinski definition) is 5. The number of carbonyl (C=O) groups is 3. The first-order chi connectivity index (χ1) is 10.6. The van der Waals surface area contributed by atoms with Crippen LogP contribution < -0.4 is 0 Å². The smallest absolute Gasteiger partial charge is 0.410 e. The summed E-state index contributed by atoms with van der Waals surface area (Å²) in [5.41, 5.74) is -0.0134. The van der Waals surface area contributed by atoms with Crippen LogP contribution in [0.5, 0.6) is 0 Å². The fourth-order valence-electron chi connectivity index (χ4n) is 2.42. The van der Waals surface area contributed by atoms with Crippen LogP contribution in [-0.4, -0.2) is 52.7 Å². The Morgan fingerprint density at radius 3 is 2.48 bits per heavy atom. The molecular weight excluding hydrogens is 300 g/mol. The molecule has 2 rings (SSSR count). The van der Waals surface area contributed by atoms with Crippen molar-refractivity contribution < 1.29 is 24.0 Å². The molecule has 0 bridgehead atoms. The molecule has 2 heterocycles. The Balaban J connectivity index is 1.94. The minimum atomic E-state index is -0.573. The van der Waals surface area contributed by atoms with Crippen LogP contribution in [0.1, 0.15) is 34.1 Å². The molecule has 3 amide bonds. The van der Waals surface area contributed by atoms with Gasteiger partial charge in [0, 0.05) is 12.1 Å². The first-order valence-electron chi connectivity index (χ1n) is 7.51. The van der Waals surface area contributed by atoms with Gasteiger partial charge in [0.25, 0.3) is 11.8 Å². The lowest BCUT2D eigenvalue weighted by Crippen LogP contribution is -2.39. The van der Waals surface area contributed by atoms with Crippen molar-refractivity contribution in [2.45, 2.75) is 45.8 Å². The largest absolute Gasteiger partial charge is 0.444 e. The number of hydrogen-bond donors (Lipinski definition) is 0. The summed E-state index contributed by atoms with van der Waals surface area (Å²) in [5, 5.41) is 0.760. The van der Waals surface area contributed by atoms with Crippen LogP contribution in [0.15, 0.2) is 23.8 Å². The predicted octanol–water partition coefficient (Wildman–Crippen LogP) is 1.80. The number of rotatable bonds is 3. The lowest BCUT2D eigenvalue weighted by molar-refractivity contribution is -0.199. The van der Waals surface area contributed by atoms with Crippen molar-refractivity contribution in [3.05, 3.63) is 23.8 Å². The van der Waals surface area contributed by atoms with E-state index in [0.29, 0.717) is 18.5 Å². The Labute approximate surface area is 135 Å². The van der Waals surface area contributed by atoms with Crippen molar-refractivity contribution in [2.75, 3.05) is 13.1 Å². The van der Waals surface area contributed by atoms with Crippen molar-refractivity contribution in [3.63, 3.8) is 0 Å². The maximum atomic E-state index is 12.1. The average molecular weight is 322 g/mol. The molecule has 0 spiro atoms. The van der Waals surface area contributed by atoms with E-state index in [4.69, 9.17) is 9.57 Å². The molecule has 1 atom stereocenters.